The standard InChI is InChI=1S/C11H12O2S/c1-2-9(11(12)13)8-14-10-6-4-3-5-7-10/h3-8H,2H2,1H3,(H,12,13)/b9-8+. The molecule has 0 aliphatic rings. The van der Waals surface area contributed by atoms with Crippen molar-refractivity contribution in [3.8, 4) is 0 Å². The van der Waals surface area contributed by atoms with E-state index in [-0.39, 0.29) is 0 Å². The van der Waals surface area contributed by atoms with Gasteiger partial charge in [0.05, 0.1) is 0 Å². The van der Waals surface area contributed by atoms with Crippen LogP contribution in [-0.4, -0.2) is 11.1 Å². The molecule has 0 aromatic heterocycles. The summed E-state index contributed by atoms with van der Waals surface area (Å²) in [6.45, 7) is 1.84. The summed E-state index contributed by atoms with van der Waals surface area (Å²) < 4.78 is 0. The van der Waals surface area contributed by atoms with Crippen molar-refractivity contribution in [1.29, 1.82) is 0 Å². The van der Waals surface area contributed by atoms with Crippen LogP contribution in [0.3, 0.4) is 0 Å². The Morgan fingerprint density at radius 3 is 2.57 bits per heavy atom. The Bertz CT molecular complexity index is 330. The highest BCUT2D eigenvalue weighted by molar-refractivity contribution is 8.02. The van der Waals surface area contributed by atoms with Crippen molar-refractivity contribution in [2.75, 3.05) is 0 Å². The van der Waals surface area contributed by atoms with Crippen LogP contribution in [0, 0.1) is 0 Å². The van der Waals surface area contributed by atoms with Gasteiger partial charge in [-0.15, -0.1) is 0 Å². The molecule has 1 N–H and O–H groups in total. The summed E-state index contributed by atoms with van der Waals surface area (Å²) >= 11 is 1.44. The van der Waals surface area contributed by atoms with Gasteiger partial charge in [-0.3, -0.25) is 0 Å². The molecule has 1 aromatic rings. The van der Waals surface area contributed by atoms with Crippen LogP contribution in [-0.2, 0) is 4.79 Å². The summed E-state index contributed by atoms with van der Waals surface area (Å²) in [5.74, 6) is -0.837. The van der Waals surface area contributed by atoms with Crippen molar-refractivity contribution in [3.05, 3.63) is 41.3 Å². The first-order valence-corrected chi connectivity index (χ1v) is 5.26. The maximum atomic E-state index is 10.7. The minimum atomic E-state index is -0.837. The zero-order valence-electron chi connectivity index (χ0n) is 7.93. The lowest BCUT2D eigenvalue weighted by molar-refractivity contribution is -0.132. The first kappa shape index (κ1) is 10.9. The maximum Gasteiger partial charge on any atom is 0.332 e. The third-order valence-corrected chi connectivity index (χ3v) is 2.68. The molecular weight excluding hydrogens is 196 g/mol. The summed E-state index contributed by atoms with van der Waals surface area (Å²) in [7, 11) is 0. The molecule has 0 unspecified atom stereocenters. The fraction of sp³-hybridized carbons (Fsp3) is 0.182. The molecule has 0 atom stereocenters. The van der Waals surface area contributed by atoms with Gasteiger partial charge < -0.3 is 5.11 Å². The highest BCUT2D eigenvalue weighted by Gasteiger charge is 2.03. The molecule has 0 radical (unpaired) electrons. The second kappa shape index (κ2) is 5.50. The van der Waals surface area contributed by atoms with Gasteiger partial charge in [0.2, 0.25) is 0 Å². The van der Waals surface area contributed by atoms with E-state index in [9.17, 15) is 4.79 Å². The maximum absolute atomic E-state index is 10.7. The quantitative estimate of drug-likeness (QED) is 0.610. The van der Waals surface area contributed by atoms with Gasteiger partial charge >= 0.3 is 5.97 Å². The Balaban J connectivity index is 2.66. The molecule has 2 nitrogen and oxygen atoms in total. The van der Waals surface area contributed by atoms with Gasteiger partial charge in [-0.2, -0.15) is 0 Å². The zero-order chi connectivity index (χ0) is 10.4. The van der Waals surface area contributed by atoms with Crippen LogP contribution in [0.25, 0.3) is 0 Å². The second-order valence-electron chi connectivity index (χ2n) is 2.73. The predicted molar refractivity (Wildman–Crippen MR) is 58.3 cm³/mol. The van der Waals surface area contributed by atoms with Crippen molar-refractivity contribution in [3.63, 3.8) is 0 Å². The van der Waals surface area contributed by atoms with Gasteiger partial charge in [-0.1, -0.05) is 36.9 Å². The Labute approximate surface area is 87.6 Å². The molecule has 0 aliphatic heterocycles. The first-order chi connectivity index (χ1) is 6.74. The third kappa shape index (κ3) is 3.26. The highest BCUT2D eigenvalue weighted by Crippen LogP contribution is 2.20. The summed E-state index contributed by atoms with van der Waals surface area (Å²) in [6, 6.07) is 9.71. The van der Waals surface area contributed by atoms with Crippen LogP contribution < -0.4 is 0 Å². The topological polar surface area (TPSA) is 37.3 Å². The largest absolute Gasteiger partial charge is 0.478 e. The van der Waals surface area contributed by atoms with E-state index >= 15 is 0 Å². The Kier molecular flexibility index (Phi) is 4.26. The van der Waals surface area contributed by atoms with E-state index in [0.29, 0.717) is 12.0 Å². The third-order valence-electron chi connectivity index (χ3n) is 1.74. The van der Waals surface area contributed by atoms with E-state index in [2.05, 4.69) is 0 Å². The van der Waals surface area contributed by atoms with Gasteiger partial charge in [0.15, 0.2) is 0 Å². The van der Waals surface area contributed by atoms with Crippen LogP contribution in [0.15, 0.2) is 46.2 Å². The molecule has 0 saturated carbocycles. The Morgan fingerprint density at radius 2 is 2.07 bits per heavy atom. The van der Waals surface area contributed by atoms with Gasteiger partial charge in [0.1, 0.15) is 0 Å². The SMILES string of the molecule is CC/C(=C\Sc1ccccc1)C(=O)O. The van der Waals surface area contributed by atoms with Crippen molar-refractivity contribution >= 4 is 17.7 Å². The van der Waals surface area contributed by atoms with E-state index in [1.54, 1.807) is 5.41 Å². The summed E-state index contributed by atoms with van der Waals surface area (Å²) in [5, 5.41) is 10.5. The summed E-state index contributed by atoms with van der Waals surface area (Å²) in [4.78, 5) is 11.7. The van der Waals surface area contributed by atoms with E-state index in [4.69, 9.17) is 5.11 Å². The molecule has 74 valence electrons. The van der Waals surface area contributed by atoms with Gasteiger partial charge in [-0.05, 0) is 24.0 Å². The Hall–Kier alpha value is -1.22. The molecule has 0 spiro atoms. The molecule has 0 saturated heterocycles. The second-order valence-corrected chi connectivity index (χ2v) is 3.68. The van der Waals surface area contributed by atoms with Gasteiger partial charge in [0.25, 0.3) is 0 Å². The average Bonchev–Trinajstić information content (AvgIpc) is 2.20. The number of carbonyl (C=O) groups is 1. The fourth-order valence-electron chi connectivity index (χ4n) is 0.923. The first-order valence-electron chi connectivity index (χ1n) is 4.38. The number of carboxylic acid groups (broad SMARTS) is 1. The van der Waals surface area contributed by atoms with Crippen molar-refractivity contribution in [2.45, 2.75) is 18.2 Å². The summed E-state index contributed by atoms with van der Waals surface area (Å²) in [6.07, 6.45) is 0.551. The number of hydrogen-bond donors (Lipinski definition) is 1. The summed E-state index contributed by atoms with van der Waals surface area (Å²) in [5.41, 5.74) is 0.443. The van der Waals surface area contributed by atoms with Gasteiger partial charge in [0, 0.05) is 10.5 Å². The lowest BCUT2D eigenvalue weighted by atomic mass is 10.2. The number of aliphatic carboxylic acids is 1. The number of rotatable bonds is 4. The number of carboxylic acids is 1. The molecule has 0 bridgehead atoms. The highest BCUT2D eigenvalue weighted by atomic mass is 32.2. The van der Waals surface area contributed by atoms with E-state index < -0.39 is 5.97 Å². The number of thioether (sulfide) groups is 1. The minimum Gasteiger partial charge on any atom is -0.478 e. The minimum absolute atomic E-state index is 0.443. The average molecular weight is 208 g/mol. The van der Waals surface area contributed by atoms with Crippen LogP contribution in [0.1, 0.15) is 13.3 Å². The van der Waals surface area contributed by atoms with E-state index in [0.717, 1.165) is 4.90 Å². The Morgan fingerprint density at radius 1 is 1.43 bits per heavy atom. The monoisotopic (exact) mass is 208 g/mol. The van der Waals surface area contributed by atoms with Crippen LogP contribution in [0.5, 0.6) is 0 Å². The predicted octanol–water partition coefficient (Wildman–Crippen LogP) is 3.16. The fourth-order valence-corrected chi connectivity index (χ4v) is 1.78. The smallest absolute Gasteiger partial charge is 0.332 e. The zero-order valence-corrected chi connectivity index (χ0v) is 8.75. The molecule has 1 aromatic carbocycles. The molecule has 3 heteroatoms. The number of hydrogen-bond acceptors (Lipinski definition) is 2. The van der Waals surface area contributed by atoms with Crippen LogP contribution in [0.4, 0.5) is 0 Å². The molecule has 0 fully saturated rings. The lowest BCUT2D eigenvalue weighted by Crippen LogP contribution is -1.97. The molecular formula is C11H12O2S. The normalized spacial score (nSPS) is 11.4. The number of benzene rings is 1. The van der Waals surface area contributed by atoms with Crippen LogP contribution in [0.2, 0.25) is 0 Å². The lowest BCUT2D eigenvalue weighted by Gasteiger charge is -1.98. The van der Waals surface area contributed by atoms with Crippen molar-refractivity contribution in [1.82, 2.24) is 0 Å². The van der Waals surface area contributed by atoms with Crippen LogP contribution >= 0.6 is 11.8 Å². The van der Waals surface area contributed by atoms with E-state index in [1.807, 2.05) is 37.3 Å². The molecule has 0 amide bonds. The molecule has 0 heterocycles. The molecule has 14 heavy (non-hydrogen) atoms. The molecule has 1 rings (SSSR count). The van der Waals surface area contributed by atoms with Crippen molar-refractivity contribution < 1.29 is 9.90 Å². The van der Waals surface area contributed by atoms with Gasteiger partial charge in [-0.25, -0.2) is 4.79 Å². The van der Waals surface area contributed by atoms with Crippen molar-refractivity contribution in [2.24, 2.45) is 0 Å². The molecule has 0 aliphatic carbocycles. The van der Waals surface area contributed by atoms with E-state index in [1.165, 1.54) is 11.8 Å².